The van der Waals surface area contributed by atoms with Gasteiger partial charge in [0.05, 0.1) is 44.6 Å². The molecule has 1 unspecified atom stereocenters. The van der Waals surface area contributed by atoms with Gasteiger partial charge in [0.1, 0.15) is 18.3 Å². The molecule has 0 saturated carbocycles. The van der Waals surface area contributed by atoms with Gasteiger partial charge in [-0.15, -0.1) is 0 Å². The van der Waals surface area contributed by atoms with Crippen LogP contribution in [0.3, 0.4) is 0 Å². The molecule has 4 rings (SSSR count). The highest BCUT2D eigenvalue weighted by atomic mass is 16.6. The van der Waals surface area contributed by atoms with E-state index >= 15 is 0 Å². The highest BCUT2D eigenvalue weighted by Crippen LogP contribution is 2.31. The third kappa shape index (κ3) is 4.31. The van der Waals surface area contributed by atoms with E-state index in [1.807, 2.05) is 0 Å². The average Bonchev–Trinajstić information content (AvgIpc) is 3.55. The molecule has 16 heteroatoms. The number of carbonyl (C=O) groups excluding carboxylic acids is 2. The van der Waals surface area contributed by atoms with Crippen molar-refractivity contribution in [2.45, 2.75) is 50.0 Å². The van der Waals surface area contributed by atoms with Crippen LogP contribution in [0, 0.1) is 6.92 Å². The standard InChI is InChI=1S/C21H28N6O10/c1-8-9(5-10(29)12(19(33)35-3)24-21(34)36-4)27-17(32)13-16(25(2)20(27)23-8)26(7-22-13)18-15(31)14(30)11(6-28)37-18/h7,10-12,14-15,18,28-31H,5-6H2,1-4H3,(H,24,34)/t10?,11-,12+,14-,15-,18-/m1/s1. The molecule has 37 heavy (non-hydrogen) atoms. The molecule has 3 aromatic heterocycles. The lowest BCUT2D eigenvalue weighted by Crippen LogP contribution is -2.50. The largest absolute Gasteiger partial charge is 0.467 e. The number of ether oxygens (including phenoxy) is 3. The van der Waals surface area contributed by atoms with Crippen LogP contribution in [0.1, 0.15) is 17.6 Å². The maximum atomic E-state index is 13.5. The van der Waals surface area contributed by atoms with Crippen molar-refractivity contribution in [1.82, 2.24) is 28.8 Å². The number of hydrogen-bond acceptors (Lipinski definition) is 12. The summed E-state index contributed by atoms with van der Waals surface area (Å²) in [6.07, 6.45) is -6.39. The van der Waals surface area contributed by atoms with E-state index in [1.165, 1.54) is 19.9 Å². The van der Waals surface area contributed by atoms with Crippen molar-refractivity contribution in [2.75, 3.05) is 20.8 Å². The Balaban J connectivity index is 1.79. The molecule has 1 aliphatic heterocycles. The number of aryl methyl sites for hydroxylation is 2. The lowest BCUT2D eigenvalue weighted by atomic mass is 10.1. The summed E-state index contributed by atoms with van der Waals surface area (Å²) in [5.41, 5.74) is 0.211. The predicted octanol–water partition coefficient (Wildman–Crippen LogP) is -2.90. The second-order valence-corrected chi connectivity index (χ2v) is 8.60. The van der Waals surface area contributed by atoms with Crippen LogP contribution in [0.5, 0.6) is 0 Å². The van der Waals surface area contributed by atoms with Crippen LogP contribution in [0.2, 0.25) is 0 Å². The van der Waals surface area contributed by atoms with E-state index in [9.17, 15) is 34.8 Å². The zero-order valence-corrected chi connectivity index (χ0v) is 20.4. The Morgan fingerprint density at radius 2 is 1.95 bits per heavy atom. The minimum absolute atomic E-state index is 0.0296. The van der Waals surface area contributed by atoms with E-state index in [0.29, 0.717) is 5.69 Å². The van der Waals surface area contributed by atoms with Crippen LogP contribution in [0.15, 0.2) is 11.1 Å². The Morgan fingerprint density at radius 1 is 1.24 bits per heavy atom. The maximum Gasteiger partial charge on any atom is 0.407 e. The molecule has 0 spiro atoms. The number of alkyl carbamates (subject to hydrolysis) is 1. The third-order valence-electron chi connectivity index (χ3n) is 6.44. The first-order valence-corrected chi connectivity index (χ1v) is 11.2. The van der Waals surface area contributed by atoms with Crippen molar-refractivity contribution >= 4 is 29.0 Å². The molecule has 16 nitrogen and oxygen atoms in total. The lowest BCUT2D eigenvalue weighted by Gasteiger charge is -2.21. The molecule has 3 aromatic rings. The fourth-order valence-corrected chi connectivity index (χ4v) is 4.50. The van der Waals surface area contributed by atoms with Gasteiger partial charge in [0, 0.05) is 13.5 Å². The molecule has 0 radical (unpaired) electrons. The Labute approximate surface area is 208 Å². The number of hydrogen-bond donors (Lipinski definition) is 5. The summed E-state index contributed by atoms with van der Waals surface area (Å²) >= 11 is 0. The van der Waals surface area contributed by atoms with Crippen LogP contribution in [-0.4, -0.2) is 107 Å². The maximum absolute atomic E-state index is 13.5. The van der Waals surface area contributed by atoms with Crippen molar-refractivity contribution in [2.24, 2.45) is 7.05 Å². The molecule has 0 aromatic carbocycles. The molecule has 6 atom stereocenters. The number of amides is 1. The van der Waals surface area contributed by atoms with Gasteiger partial charge in [0.25, 0.3) is 5.56 Å². The van der Waals surface area contributed by atoms with E-state index in [1.54, 1.807) is 14.0 Å². The van der Waals surface area contributed by atoms with Crippen molar-refractivity contribution in [3.63, 3.8) is 0 Å². The second-order valence-electron chi connectivity index (χ2n) is 8.60. The highest BCUT2D eigenvalue weighted by Gasteiger charge is 2.44. The Hall–Kier alpha value is -3.57. The van der Waals surface area contributed by atoms with Gasteiger partial charge in [-0.25, -0.2) is 24.0 Å². The van der Waals surface area contributed by atoms with Crippen LogP contribution < -0.4 is 10.9 Å². The van der Waals surface area contributed by atoms with E-state index in [4.69, 9.17) is 4.74 Å². The summed E-state index contributed by atoms with van der Waals surface area (Å²) in [4.78, 5) is 46.0. The van der Waals surface area contributed by atoms with Gasteiger partial charge < -0.3 is 40.0 Å². The van der Waals surface area contributed by atoms with Gasteiger partial charge in [-0.2, -0.15) is 0 Å². The number of aliphatic hydroxyl groups excluding tert-OH is 4. The smallest absolute Gasteiger partial charge is 0.407 e. The summed E-state index contributed by atoms with van der Waals surface area (Å²) in [6, 6.07) is -1.49. The minimum Gasteiger partial charge on any atom is -0.467 e. The van der Waals surface area contributed by atoms with E-state index in [0.717, 1.165) is 14.2 Å². The first-order valence-electron chi connectivity index (χ1n) is 11.2. The lowest BCUT2D eigenvalue weighted by molar-refractivity contribution is -0.146. The molecule has 1 saturated heterocycles. The molecule has 0 aliphatic carbocycles. The van der Waals surface area contributed by atoms with Crippen LogP contribution in [0.4, 0.5) is 4.79 Å². The molecule has 1 fully saturated rings. The monoisotopic (exact) mass is 524 g/mol. The van der Waals surface area contributed by atoms with Gasteiger partial charge in [-0.05, 0) is 6.92 Å². The third-order valence-corrected chi connectivity index (χ3v) is 6.44. The van der Waals surface area contributed by atoms with Crippen LogP contribution >= 0.6 is 0 Å². The number of nitrogens with one attached hydrogen (secondary N) is 1. The number of nitrogens with zero attached hydrogens (tertiary/aromatic N) is 5. The summed E-state index contributed by atoms with van der Waals surface area (Å²) in [7, 11) is 3.79. The summed E-state index contributed by atoms with van der Waals surface area (Å²) in [5.74, 6) is -0.766. The fraction of sp³-hybridized carbons (Fsp3) is 0.571. The number of imidazole rings is 2. The van der Waals surface area contributed by atoms with Crippen molar-refractivity contribution in [3.05, 3.63) is 28.1 Å². The number of rotatable bonds is 7. The SMILES string of the molecule is COC(=O)N[C@H](C(=O)OC)C(O)Cc1c(C)nc2n(C)c3c(ncn3[C@@H]3O[C@H](CO)[C@@H](O)[C@H]3O)c(=O)n12. The molecule has 1 aliphatic rings. The highest BCUT2D eigenvalue weighted by molar-refractivity contribution is 5.82. The zero-order chi connectivity index (χ0) is 27.2. The normalized spacial score (nSPS) is 23.4. The second kappa shape index (κ2) is 10.1. The molecular formula is C21H28N6O10. The number of esters is 1. The molecular weight excluding hydrogens is 496 g/mol. The minimum atomic E-state index is -1.51. The summed E-state index contributed by atoms with van der Waals surface area (Å²) in [5, 5.41) is 43.0. The Kier molecular flexibility index (Phi) is 7.20. The van der Waals surface area contributed by atoms with Crippen LogP contribution in [-0.2, 0) is 32.5 Å². The van der Waals surface area contributed by atoms with Gasteiger partial charge in [-0.3, -0.25) is 13.9 Å². The zero-order valence-electron chi connectivity index (χ0n) is 20.4. The molecule has 4 heterocycles. The van der Waals surface area contributed by atoms with Crippen molar-refractivity contribution in [1.29, 1.82) is 0 Å². The summed E-state index contributed by atoms with van der Waals surface area (Å²) in [6.45, 7) is 1.08. The number of methoxy groups -OCH3 is 2. The first kappa shape index (κ1) is 26.5. The van der Waals surface area contributed by atoms with E-state index in [-0.39, 0.29) is 29.1 Å². The number of aromatic nitrogens is 5. The quantitative estimate of drug-likeness (QED) is 0.197. The summed E-state index contributed by atoms with van der Waals surface area (Å²) < 4.78 is 18.9. The topological polar surface area (TPSA) is 212 Å². The number of fused-ring (bicyclic) bond motifs is 2. The van der Waals surface area contributed by atoms with E-state index < -0.39 is 60.9 Å². The molecule has 0 bridgehead atoms. The number of carbonyl (C=O) groups is 2. The van der Waals surface area contributed by atoms with Gasteiger partial charge in [0.2, 0.25) is 5.78 Å². The predicted molar refractivity (Wildman–Crippen MR) is 123 cm³/mol. The number of aliphatic hydroxyl groups is 4. The molecule has 202 valence electrons. The first-order chi connectivity index (χ1) is 17.5. The van der Waals surface area contributed by atoms with E-state index in [2.05, 4.69) is 24.8 Å². The van der Waals surface area contributed by atoms with Crippen LogP contribution in [0.25, 0.3) is 16.9 Å². The Morgan fingerprint density at radius 3 is 2.54 bits per heavy atom. The van der Waals surface area contributed by atoms with Gasteiger partial charge in [-0.1, -0.05) is 0 Å². The average molecular weight is 524 g/mol. The van der Waals surface area contributed by atoms with Gasteiger partial charge in [0.15, 0.2) is 23.4 Å². The van der Waals surface area contributed by atoms with Crippen molar-refractivity contribution in [3.8, 4) is 0 Å². The Bertz CT molecular complexity index is 1400. The molecule has 5 N–H and O–H groups in total. The molecule has 1 amide bonds. The van der Waals surface area contributed by atoms with Gasteiger partial charge >= 0.3 is 12.1 Å². The van der Waals surface area contributed by atoms with Crippen molar-refractivity contribution < 1.29 is 44.2 Å². The fourth-order valence-electron chi connectivity index (χ4n) is 4.50.